The SMILES string of the molecule is CCOc1cc([C@H]2CN(C(=O)OC(C)(C)C)C[C@@H]2C(=O)O)ccc1OC. The molecule has 1 aromatic carbocycles. The molecule has 1 aliphatic heterocycles. The van der Waals surface area contributed by atoms with E-state index in [9.17, 15) is 14.7 Å². The molecule has 1 heterocycles. The van der Waals surface area contributed by atoms with E-state index in [1.165, 1.54) is 4.90 Å². The average Bonchev–Trinajstić information content (AvgIpc) is 2.99. The molecule has 0 unspecified atom stereocenters. The Morgan fingerprint density at radius 3 is 2.46 bits per heavy atom. The normalized spacial score (nSPS) is 20.0. The predicted octanol–water partition coefficient (Wildman–Crippen LogP) is 3.13. The maximum atomic E-state index is 12.3. The smallest absolute Gasteiger partial charge is 0.410 e. The van der Waals surface area contributed by atoms with Gasteiger partial charge in [0.15, 0.2) is 11.5 Å². The van der Waals surface area contributed by atoms with Gasteiger partial charge in [0.05, 0.1) is 19.6 Å². The summed E-state index contributed by atoms with van der Waals surface area (Å²) in [5, 5.41) is 9.62. The van der Waals surface area contributed by atoms with Crippen molar-refractivity contribution in [2.75, 3.05) is 26.8 Å². The van der Waals surface area contributed by atoms with Crippen LogP contribution in [0.25, 0.3) is 0 Å². The van der Waals surface area contributed by atoms with Crippen LogP contribution in [0.5, 0.6) is 11.5 Å². The number of methoxy groups -OCH3 is 1. The van der Waals surface area contributed by atoms with E-state index in [4.69, 9.17) is 14.2 Å². The molecule has 0 saturated carbocycles. The van der Waals surface area contributed by atoms with Crippen LogP contribution in [0.3, 0.4) is 0 Å². The summed E-state index contributed by atoms with van der Waals surface area (Å²) in [7, 11) is 1.55. The molecule has 0 aliphatic carbocycles. The van der Waals surface area contributed by atoms with Crippen LogP contribution in [0.1, 0.15) is 39.2 Å². The number of carbonyl (C=O) groups excluding carboxylic acids is 1. The predicted molar refractivity (Wildman–Crippen MR) is 95.8 cm³/mol. The lowest BCUT2D eigenvalue weighted by atomic mass is 9.89. The summed E-state index contributed by atoms with van der Waals surface area (Å²) in [5.74, 6) is -0.831. The molecule has 0 aromatic heterocycles. The lowest BCUT2D eigenvalue weighted by Crippen LogP contribution is -2.35. The van der Waals surface area contributed by atoms with Crippen molar-refractivity contribution in [2.24, 2.45) is 5.92 Å². The fourth-order valence-electron chi connectivity index (χ4n) is 3.06. The molecule has 2 rings (SSSR count). The minimum absolute atomic E-state index is 0.116. The molecule has 1 fully saturated rings. The van der Waals surface area contributed by atoms with Crippen LogP contribution >= 0.6 is 0 Å². The van der Waals surface area contributed by atoms with Crippen molar-refractivity contribution in [3.8, 4) is 11.5 Å². The number of rotatable bonds is 5. The van der Waals surface area contributed by atoms with E-state index in [1.807, 2.05) is 13.0 Å². The lowest BCUT2D eigenvalue weighted by Gasteiger charge is -2.24. The summed E-state index contributed by atoms with van der Waals surface area (Å²) >= 11 is 0. The van der Waals surface area contributed by atoms with E-state index in [0.717, 1.165) is 5.56 Å². The van der Waals surface area contributed by atoms with Crippen molar-refractivity contribution < 1.29 is 28.9 Å². The highest BCUT2D eigenvalue weighted by Crippen LogP contribution is 2.38. The summed E-state index contributed by atoms with van der Waals surface area (Å²) < 4.78 is 16.2. The van der Waals surface area contributed by atoms with E-state index >= 15 is 0 Å². The molecule has 1 aliphatic rings. The quantitative estimate of drug-likeness (QED) is 0.863. The zero-order chi connectivity index (χ0) is 19.5. The van der Waals surface area contributed by atoms with Gasteiger partial charge in [-0.05, 0) is 45.4 Å². The zero-order valence-corrected chi connectivity index (χ0v) is 15.9. The Bertz CT molecular complexity index is 666. The number of carbonyl (C=O) groups is 2. The van der Waals surface area contributed by atoms with Gasteiger partial charge in [0.25, 0.3) is 0 Å². The molecule has 1 saturated heterocycles. The number of ether oxygens (including phenoxy) is 3. The second-order valence-electron chi connectivity index (χ2n) is 7.28. The molecule has 0 radical (unpaired) electrons. The summed E-state index contributed by atoms with van der Waals surface area (Å²) in [6, 6.07) is 5.37. The van der Waals surface area contributed by atoms with Gasteiger partial charge in [-0.1, -0.05) is 6.07 Å². The van der Waals surface area contributed by atoms with Gasteiger partial charge in [-0.2, -0.15) is 0 Å². The molecule has 1 N–H and O–H groups in total. The van der Waals surface area contributed by atoms with Crippen LogP contribution in [0.4, 0.5) is 4.79 Å². The molecule has 0 spiro atoms. The number of nitrogens with zero attached hydrogens (tertiary/aromatic N) is 1. The van der Waals surface area contributed by atoms with E-state index in [-0.39, 0.29) is 19.0 Å². The van der Waals surface area contributed by atoms with Gasteiger partial charge in [0, 0.05) is 19.0 Å². The average molecular weight is 365 g/mol. The van der Waals surface area contributed by atoms with Crippen LogP contribution in [0.2, 0.25) is 0 Å². The van der Waals surface area contributed by atoms with Gasteiger partial charge in [-0.3, -0.25) is 4.79 Å². The first-order chi connectivity index (χ1) is 12.2. The van der Waals surface area contributed by atoms with Crippen LogP contribution in [-0.2, 0) is 9.53 Å². The minimum atomic E-state index is -0.935. The molecule has 2 atom stereocenters. The van der Waals surface area contributed by atoms with Crippen molar-refractivity contribution in [2.45, 2.75) is 39.2 Å². The third-order valence-electron chi connectivity index (χ3n) is 4.20. The molecule has 144 valence electrons. The Morgan fingerprint density at radius 2 is 1.92 bits per heavy atom. The zero-order valence-electron chi connectivity index (χ0n) is 15.9. The molecule has 1 amide bonds. The molecular formula is C19H27NO6. The molecule has 7 heteroatoms. The first-order valence-corrected chi connectivity index (χ1v) is 8.67. The van der Waals surface area contributed by atoms with E-state index in [0.29, 0.717) is 18.1 Å². The lowest BCUT2D eigenvalue weighted by molar-refractivity contribution is -0.141. The maximum Gasteiger partial charge on any atom is 0.410 e. The highest BCUT2D eigenvalue weighted by molar-refractivity contribution is 5.76. The summed E-state index contributed by atoms with van der Waals surface area (Å²) in [6.07, 6.45) is -0.496. The molecule has 26 heavy (non-hydrogen) atoms. The van der Waals surface area contributed by atoms with Crippen LogP contribution in [-0.4, -0.2) is 54.5 Å². The summed E-state index contributed by atoms with van der Waals surface area (Å²) in [5.41, 5.74) is 0.170. The Balaban J connectivity index is 2.27. The highest BCUT2D eigenvalue weighted by Gasteiger charge is 2.42. The Labute approximate surface area is 153 Å². The Kier molecular flexibility index (Phi) is 6.00. The Hall–Kier alpha value is -2.44. The van der Waals surface area contributed by atoms with Crippen molar-refractivity contribution in [1.82, 2.24) is 4.90 Å². The minimum Gasteiger partial charge on any atom is -0.493 e. The highest BCUT2D eigenvalue weighted by atomic mass is 16.6. The number of hydrogen-bond donors (Lipinski definition) is 1. The van der Waals surface area contributed by atoms with Gasteiger partial charge in [0.2, 0.25) is 0 Å². The van der Waals surface area contributed by atoms with E-state index < -0.39 is 23.6 Å². The number of carboxylic acids is 1. The second-order valence-corrected chi connectivity index (χ2v) is 7.28. The van der Waals surface area contributed by atoms with Gasteiger partial charge in [0.1, 0.15) is 5.60 Å². The van der Waals surface area contributed by atoms with E-state index in [1.54, 1.807) is 40.0 Å². The number of carboxylic acid groups (broad SMARTS) is 1. The molecule has 7 nitrogen and oxygen atoms in total. The van der Waals surface area contributed by atoms with Crippen molar-refractivity contribution in [1.29, 1.82) is 0 Å². The van der Waals surface area contributed by atoms with Crippen molar-refractivity contribution >= 4 is 12.1 Å². The first-order valence-electron chi connectivity index (χ1n) is 8.67. The second kappa shape index (κ2) is 7.85. The number of hydrogen-bond acceptors (Lipinski definition) is 5. The van der Waals surface area contributed by atoms with Gasteiger partial charge in [-0.15, -0.1) is 0 Å². The van der Waals surface area contributed by atoms with Gasteiger partial charge in [-0.25, -0.2) is 4.79 Å². The number of likely N-dealkylation sites (tertiary alicyclic amines) is 1. The molecular weight excluding hydrogens is 338 g/mol. The largest absolute Gasteiger partial charge is 0.493 e. The monoisotopic (exact) mass is 365 g/mol. The summed E-state index contributed by atoms with van der Waals surface area (Å²) in [6.45, 7) is 8.08. The number of benzene rings is 1. The third kappa shape index (κ3) is 4.59. The number of aliphatic carboxylic acids is 1. The van der Waals surface area contributed by atoms with Gasteiger partial charge < -0.3 is 24.2 Å². The van der Waals surface area contributed by atoms with E-state index in [2.05, 4.69) is 0 Å². The third-order valence-corrected chi connectivity index (χ3v) is 4.20. The summed E-state index contributed by atoms with van der Waals surface area (Å²) in [4.78, 5) is 25.5. The van der Waals surface area contributed by atoms with Crippen molar-refractivity contribution in [3.63, 3.8) is 0 Å². The Morgan fingerprint density at radius 1 is 1.23 bits per heavy atom. The molecule has 0 bridgehead atoms. The number of amides is 1. The van der Waals surface area contributed by atoms with Crippen LogP contribution in [0, 0.1) is 5.92 Å². The van der Waals surface area contributed by atoms with Gasteiger partial charge >= 0.3 is 12.1 Å². The standard InChI is InChI=1S/C19H27NO6/c1-6-25-16-9-12(7-8-15(16)24-5)13-10-20(11-14(13)17(21)22)18(23)26-19(2,3)4/h7-9,13-14H,6,10-11H2,1-5H3,(H,21,22)/t13-,14+/m1/s1. The fraction of sp³-hybridized carbons (Fsp3) is 0.579. The topological polar surface area (TPSA) is 85.3 Å². The first kappa shape index (κ1) is 19.9. The van der Waals surface area contributed by atoms with Crippen LogP contribution < -0.4 is 9.47 Å². The van der Waals surface area contributed by atoms with Crippen molar-refractivity contribution in [3.05, 3.63) is 23.8 Å². The van der Waals surface area contributed by atoms with Crippen LogP contribution in [0.15, 0.2) is 18.2 Å². The fourth-order valence-corrected chi connectivity index (χ4v) is 3.06. The molecule has 1 aromatic rings. The maximum absolute atomic E-state index is 12.3.